The van der Waals surface area contributed by atoms with Gasteiger partial charge in [0.25, 0.3) is 0 Å². The lowest BCUT2D eigenvalue weighted by Gasteiger charge is -2.21. The van der Waals surface area contributed by atoms with Crippen LogP contribution in [-0.2, 0) is 14.4 Å². The molecule has 1 heterocycles. The summed E-state index contributed by atoms with van der Waals surface area (Å²) in [7, 11) is 0. The molecule has 6 heteroatoms. The molecule has 0 amide bonds. The van der Waals surface area contributed by atoms with E-state index in [1.165, 1.54) is 11.5 Å². The fourth-order valence-corrected chi connectivity index (χ4v) is 2.45. The molecule has 0 aliphatic rings. The minimum Gasteiger partial charge on any atom is -0.443 e. The summed E-state index contributed by atoms with van der Waals surface area (Å²) in [5, 5.41) is 4.82. The fourth-order valence-electron chi connectivity index (χ4n) is 2.45. The lowest BCUT2D eigenvalue weighted by Crippen LogP contribution is -2.29. The van der Waals surface area contributed by atoms with E-state index in [0.717, 1.165) is 5.39 Å². The molecular weight excluding hydrogens is 332 g/mol. The number of aromatic nitrogens is 1. The summed E-state index contributed by atoms with van der Waals surface area (Å²) in [5.74, 6) is -0.527. The molecule has 0 unspecified atom stereocenters. The molecule has 0 N–H and O–H groups in total. The Balaban J connectivity index is 2.61. The molecule has 6 nitrogen and oxygen atoms in total. The van der Waals surface area contributed by atoms with Crippen molar-refractivity contribution in [3.63, 3.8) is 0 Å². The largest absolute Gasteiger partial charge is 0.443 e. The molecule has 1 aromatic carbocycles. The maximum Gasteiger partial charge on any atom is 0.419 e. The van der Waals surface area contributed by atoms with E-state index in [1.54, 1.807) is 6.08 Å². The average Bonchev–Trinajstić information content (AvgIpc) is 2.92. The maximum atomic E-state index is 12.8. The SMILES string of the molecule is C=CCC/C(=N\OC(C)=O)c1cc2ccccc2n1C(=O)OC(C)(C)C. The number of nitrogens with zero attached hydrogens (tertiary/aromatic N) is 2. The van der Waals surface area contributed by atoms with Crippen molar-refractivity contribution in [1.82, 2.24) is 4.57 Å². The van der Waals surface area contributed by atoms with Gasteiger partial charge < -0.3 is 9.57 Å². The summed E-state index contributed by atoms with van der Waals surface area (Å²) in [6.45, 7) is 10.4. The van der Waals surface area contributed by atoms with Crippen molar-refractivity contribution < 1.29 is 19.2 Å². The van der Waals surface area contributed by atoms with Crippen LogP contribution in [0.1, 0.15) is 46.2 Å². The third-order valence-corrected chi connectivity index (χ3v) is 3.45. The minimum absolute atomic E-state index is 0.468. The lowest BCUT2D eigenvalue weighted by atomic mass is 10.1. The summed E-state index contributed by atoms with van der Waals surface area (Å²) in [4.78, 5) is 28.9. The molecule has 0 aliphatic carbocycles. The van der Waals surface area contributed by atoms with E-state index in [-0.39, 0.29) is 0 Å². The van der Waals surface area contributed by atoms with Crippen molar-refractivity contribution in [2.24, 2.45) is 5.16 Å². The van der Waals surface area contributed by atoms with Gasteiger partial charge in [-0.15, -0.1) is 6.58 Å². The van der Waals surface area contributed by atoms with E-state index in [2.05, 4.69) is 11.7 Å². The van der Waals surface area contributed by atoms with Gasteiger partial charge in [-0.2, -0.15) is 0 Å². The first kappa shape index (κ1) is 19.4. The topological polar surface area (TPSA) is 69.9 Å². The zero-order chi connectivity index (χ0) is 19.3. The third kappa shape index (κ3) is 4.81. The zero-order valence-electron chi connectivity index (χ0n) is 15.6. The molecule has 0 atom stereocenters. The summed E-state index contributed by atoms with van der Waals surface area (Å²) in [6.07, 6.45) is 2.32. The van der Waals surface area contributed by atoms with Crippen LogP contribution in [0.25, 0.3) is 10.9 Å². The Kier molecular flexibility index (Phi) is 5.97. The van der Waals surface area contributed by atoms with Crippen LogP contribution in [0.3, 0.4) is 0 Å². The summed E-state index contributed by atoms with van der Waals surface area (Å²) >= 11 is 0. The van der Waals surface area contributed by atoms with E-state index in [9.17, 15) is 9.59 Å². The molecule has 0 fully saturated rings. The third-order valence-electron chi connectivity index (χ3n) is 3.45. The van der Waals surface area contributed by atoms with Crippen molar-refractivity contribution in [3.8, 4) is 0 Å². The van der Waals surface area contributed by atoms with Crippen LogP contribution in [0.15, 0.2) is 48.1 Å². The monoisotopic (exact) mass is 356 g/mol. The fraction of sp³-hybridized carbons (Fsp3) is 0.350. The van der Waals surface area contributed by atoms with Gasteiger partial charge in [0.15, 0.2) is 0 Å². The number of oxime groups is 1. The van der Waals surface area contributed by atoms with Crippen LogP contribution in [-0.4, -0.2) is 27.9 Å². The van der Waals surface area contributed by atoms with Crippen LogP contribution in [0, 0.1) is 0 Å². The molecule has 0 aliphatic heterocycles. The van der Waals surface area contributed by atoms with Gasteiger partial charge in [0.05, 0.1) is 11.2 Å². The smallest absolute Gasteiger partial charge is 0.419 e. The van der Waals surface area contributed by atoms with Gasteiger partial charge in [-0.3, -0.25) is 0 Å². The van der Waals surface area contributed by atoms with E-state index in [1.807, 2.05) is 51.1 Å². The second-order valence-corrected chi connectivity index (χ2v) is 6.85. The number of para-hydroxylation sites is 1. The first-order valence-electron chi connectivity index (χ1n) is 8.42. The van der Waals surface area contributed by atoms with Crippen molar-refractivity contribution in [3.05, 3.63) is 48.7 Å². The molecule has 0 spiro atoms. The molecule has 2 rings (SSSR count). The van der Waals surface area contributed by atoms with Crippen LogP contribution >= 0.6 is 0 Å². The normalized spacial score (nSPS) is 12.1. The summed E-state index contributed by atoms with van der Waals surface area (Å²) < 4.78 is 7.02. The summed E-state index contributed by atoms with van der Waals surface area (Å²) in [5.41, 5.74) is 1.06. The van der Waals surface area contributed by atoms with E-state index in [0.29, 0.717) is 29.8 Å². The van der Waals surface area contributed by atoms with Gasteiger partial charge in [-0.25, -0.2) is 14.2 Å². The molecule has 138 valence electrons. The van der Waals surface area contributed by atoms with E-state index >= 15 is 0 Å². The van der Waals surface area contributed by atoms with Crippen molar-refractivity contribution in [2.75, 3.05) is 0 Å². The number of rotatable bonds is 5. The maximum absolute atomic E-state index is 12.8. The van der Waals surface area contributed by atoms with Crippen molar-refractivity contribution in [1.29, 1.82) is 0 Å². The van der Waals surface area contributed by atoms with Gasteiger partial charge >= 0.3 is 12.1 Å². The number of allylic oxidation sites excluding steroid dienone is 1. The van der Waals surface area contributed by atoms with Crippen LogP contribution in [0.5, 0.6) is 0 Å². The molecule has 1 aromatic heterocycles. The lowest BCUT2D eigenvalue weighted by molar-refractivity contribution is -0.140. The molecule has 0 radical (unpaired) electrons. The number of hydrogen-bond donors (Lipinski definition) is 0. The highest BCUT2D eigenvalue weighted by molar-refractivity contribution is 6.07. The Hall–Kier alpha value is -2.89. The van der Waals surface area contributed by atoms with Crippen LogP contribution in [0.2, 0.25) is 0 Å². The Bertz CT molecular complexity index is 856. The highest BCUT2D eigenvalue weighted by atomic mass is 16.7. The van der Waals surface area contributed by atoms with Crippen LogP contribution in [0.4, 0.5) is 4.79 Å². The van der Waals surface area contributed by atoms with E-state index in [4.69, 9.17) is 9.57 Å². The standard InChI is InChI=1S/C20H24N2O4/c1-6-7-11-16(21-26-14(2)23)18-13-15-10-8-9-12-17(15)22(18)19(24)25-20(3,4)5/h6,8-10,12-13H,1,7,11H2,2-5H3/b21-16+. The number of carbonyl (C=O) groups excluding carboxylic acids is 2. The second kappa shape index (κ2) is 7.99. The Morgan fingerprint density at radius 1 is 1.27 bits per heavy atom. The first-order chi connectivity index (χ1) is 12.2. The highest BCUT2D eigenvalue weighted by Gasteiger charge is 2.24. The zero-order valence-corrected chi connectivity index (χ0v) is 15.6. The number of carbonyl (C=O) groups is 2. The molecule has 0 saturated carbocycles. The predicted molar refractivity (Wildman–Crippen MR) is 101 cm³/mol. The number of fused-ring (bicyclic) bond motifs is 1. The van der Waals surface area contributed by atoms with Gasteiger partial charge in [0.1, 0.15) is 11.3 Å². The Labute approximate surface area is 153 Å². The quantitative estimate of drug-likeness (QED) is 0.338. The van der Waals surface area contributed by atoms with Crippen LogP contribution < -0.4 is 0 Å². The van der Waals surface area contributed by atoms with Crippen molar-refractivity contribution in [2.45, 2.75) is 46.1 Å². The summed E-state index contributed by atoms with van der Waals surface area (Å²) in [6, 6.07) is 9.30. The van der Waals surface area contributed by atoms with Gasteiger partial charge in [-0.1, -0.05) is 29.4 Å². The Morgan fingerprint density at radius 2 is 1.96 bits per heavy atom. The molecule has 2 aromatic rings. The van der Waals surface area contributed by atoms with Gasteiger partial charge in [0, 0.05) is 12.3 Å². The molecular formula is C20H24N2O4. The highest BCUT2D eigenvalue weighted by Crippen LogP contribution is 2.24. The molecule has 26 heavy (non-hydrogen) atoms. The number of hydrogen-bond acceptors (Lipinski definition) is 5. The Morgan fingerprint density at radius 3 is 2.58 bits per heavy atom. The molecule has 0 bridgehead atoms. The number of benzene rings is 1. The van der Waals surface area contributed by atoms with Gasteiger partial charge in [-0.05, 0) is 45.7 Å². The second-order valence-electron chi connectivity index (χ2n) is 6.85. The average molecular weight is 356 g/mol. The first-order valence-corrected chi connectivity index (χ1v) is 8.42. The predicted octanol–water partition coefficient (Wildman–Crippen LogP) is 4.66. The van der Waals surface area contributed by atoms with Crippen molar-refractivity contribution >= 4 is 28.7 Å². The number of ether oxygens (including phenoxy) is 1. The van der Waals surface area contributed by atoms with E-state index < -0.39 is 17.7 Å². The molecule has 0 saturated heterocycles. The minimum atomic E-state index is -0.645. The van der Waals surface area contributed by atoms with Gasteiger partial charge in [0.2, 0.25) is 0 Å².